The molecule has 1 unspecified atom stereocenters. The standard InChI is InChI=1S/C4H5N2O4S/c7-4(11(8,9)10)3-5-1-2-6-3/h1-2,4H,(H,5,6)(H,8,9,10). The van der Waals surface area contributed by atoms with Crippen molar-refractivity contribution < 1.29 is 18.1 Å². The Hall–Kier alpha value is -0.920. The molecule has 0 saturated heterocycles. The van der Waals surface area contributed by atoms with E-state index in [4.69, 9.17) is 4.55 Å². The van der Waals surface area contributed by atoms with E-state index in [2.05, 4.69) is 9.97 Å². The summed E-state index contributed by atoms with van der Waals surface area (Å²) in [6, 6.07) is 0. The van der Waals surface area contributed by atoms with Crippen LogP contribution < -0.4 is 0 Å². The lowest BCUT2D eigenvalue weighted by molar-refractivity contribution is 0.140. The van der Waals surface area contributed by atoms with Crippen molar-refractivity contribution in [1.82, 2.24) is 9.97 Å². The summed E-state index contributed by atoms with van der Waals surface area (Å²) in [5.74, 6) is -0.312. The first-order chi connectivity index (χ1) is 5.02. The number of H-pyrrole nitrogens is 1. The molecule has 0 aliphatic heterocycles. The van der Waals surface area contributed by atoms with Gasteiger partial charge in [-0.1, -0.05) is 0 Å². The van der Waals surface area contributed by atoms with Crippen LogP contribution in [0.4, 0.5) is 0 Å². The fourth-order valence-electron chi connectivity index (χ4n) is 0.547. The van der Waals surface area contributed by atoms with E-state index in [1.807, 2.05) is 0 Å². The summed E-state index contributed by atoms with van der Waals surface area (Å²) in [7, 11) is -4.58. The Morgan fingerprint density at radius 2 is 2.27 bits per heavy atom. The smallest absolute Gasteiger partial charge is 0.303 e. The van der Waals surface area contributed by atoms with E-state index >= 15 is 0 Å². The van der Waals surface area contributed by atoms with E-state index in [-0.39, 0.29) is 5.82 Å². The molecule has 1 rings (SSSR count). The zero-order valence-electron chi connectivity index (χ0n) is 5.26. The molecule has 1 atom stereocenters. The topological polar surface area (TPSA) is 103 Å². The predicted octanol–water partition coefficient (Wildman–Crippen LogP) is -0.273. The summed E-state index contributed by atoms with van der Waals surface area (Å²) in [6.45, 7) is 0. The average Bonchev–Trinajstić information content (AvgIpc) is 2.34. The minimum atomic E-state index is -4.58. The second-order valence-corrected chi connectivity index (χ2v) is 3.28. The maximum absolute atomic E-state index is 10.7. The number of hydrogen-bond acceptors (Lipinski definition) is 3. The van der Waals surface area contributed by atoms with Gasteiger partial charge in [-0.2, -0.15) is 8.42 Å². The molecule has 1 aromatic heterocycles. The molecule has 0 bridgehead atoms. The average molecular weight is 177 g/mol. The summed E-state index contributed by atoms with van der Waals surface area (Å²) in [6.07, 6.45) is 2.52. The lowest BCUT2D eigenvalue weighted by atomic mass is 10.7. The van der Waals surface area contributed by atoms with E-state index < -0.39 is 15.6 Å². The highest BCUT2D eigenvalue weighted by Crippen LogP contribution is 2.13. The quantitative estimate of drug-likeness (QED) is 0.606. The van der Waals surface area contributed by atoms with Crippen LogP contribution in [0.3, 0.4) is 0 Å². The molecule has 1 aromatic rings. The molecule has 2 N–H and O–H groups in total. The third-order valence-corrected chi connectivity index (χ3v) is 1.78. The van der Waals surface area contributed by atoms with Crippen LogP contribution in [0.15, 0.2) is 12.4 Å². The van der Waals surface area contributed by atoms with Gasteiger partial charge in [-0.3, -0.25) is 4.55 Å². The molecule has 0 spiro atoms. The van der Waals surface area contributed by atoms with Crippen LogP contribution in [0, 0.1) is 0 Å². The van der Waals surface area contributed by atoms with E-state index in [0.717, 1.165) is 0 Å². The fraction of sp³-hybridized carbons (Fsp3) is 0.250. The molecule has 7 heteroatoms. The van der Waals surface area contributed by atoms with Crippen LogP contribution in [0.2, 0.25) is 0 Å². The monoisotopic (exact) mass is 177 g/mol. The molecule has 0 fully saturated rings. The molecule has 61 valence electrons. The van der Waals surface area contributed by atoms with Gasteiger partial charge in [0.05, 0.1) is 0 Å². The summed E-state index contributed by atoms with van der Waals surface area (Å²) >= 11 is 0. The predicted molar refractivity (Wildman–Crippen MR) is 33.6 cm³/mol. The van der Waals surface area contributed by atoms with Gasteiger partial charge in [-0.15, -0.1) is 0 Å². The van der Waals surface area contributed by atoms with Crippen molar-refractivity contribution in [2.75, 3.05) is 0 Å². The largest absolute Gasteiger partial charge is 0.345 e. The second-order valence-electron chi connectivity index (χ2n) is 1.82. The van der Waals surface area contributed by atoms with E-state index in [1.165, 1.54) is 12.4 Å². The summed E-state index contributed by atoms with van der Waals surface area (Å²) < 4.78 is 28.7. The van der Waals surface area contributed by atoms with Crippen LogP contribution in [-0.2, 0) is 15.2 Å². The Balaban J connectivity index is 2.97. The van der Waals surface area contributed by atoms with Crippen LogP contribution in [-0.4, -0.2) is 22.9 Å². The van der Waals surface area contributed by atoms with Crippen molar-refractivity contribution >= 4 is 10.1 Å². The van der Waals surface area contributed by atoms with Crippen LogP contribution in [0.5, 0.6) is 0 Å². The zero-order valence-corrected chi connectivity index (χ0v) is 6.08. The first-order valence-corrected chi connectivity index (χ1v) is 4.13. The number of hydrogen-bond donors (Lipinski definition) is 2. The minimum absolute atomic E-state index is 0.312. The highest BCUT2D eigenvalue weighted by atomic mass is 32.2. The third kappa shape index (κ3) is 1.76. The molecule has 0 aromatic carbocycles. The third-order valence-electron chi connectivity index (χ3n) is 1.01. The number of aromatic nitrogens is 2. The molecular weight excluding hydrogens is 172 g/mol. The molecule has 11 heavy (non-hydrogen) atoms. The summed E-state index contributed by atoms with van der Waals surface area (Å²) in [4.78, 5) is 5.66. The van der Waals surface area contributed by atoms with E-state index in [9.17, 15) is 13.5 Å². The Morgan fingerprint density at radius 1 is 1.64 bits per heavy atom. The van der Waals surface area contributed by atoms with Crippen LogP contribution >= 0.6 is 0 Å². The molecule has 0 aliphatic rings. The number of imidazole rings is 1. The normalized spacial score (nSPS) is 14.7. The van der Waals surface area contributed by atoms with Gasteiger partial charge in [0.25, 0.3) is 5.44 Å². The minimum Gasteiger partial charge on any atom is -0.345 e. The van der Waals surface area contributed by atoms with Crippen molar-refractivity contribution in [1.29, 1.82) is 0 Å². The number of rotatable bonds is 2. The number of aromatic amines is 1. The van der Waals surface area contributed by atoms with Crippen molar-refractivity contribution in [2.45, 2.75) is 5.44 Å². The highest BCUT2D eigenvalue weighted by molar-refractivity contribution is 7.85. The van der Waals surface area contributed by atoms with E-state index in [1.54, 1.807) is 0 Å². The molecule has 1 radical (unpaired) electrons. The molecule has 0 saturated carbocycles. The first-order valence-electron chi connectivity index (χ1n) is 2.63. The van der Waals surface area contributed by atoms with Gasteiger partial charge in [0.2, 0.25) is 0 Å². The second kappa shape index (κ2) is 2.61. The van der Waals surface area contributed by atoms with Gasteiger partial charge in [-0.05, 0) is 0 Å². The SMILES string of the molecule is [O]C(c1ncc[nH]1)S(=O)(=O)O. The van der Waals surface area contributed by atoms with Gasteiger partial charge < -0.3 is 4.98 Å². The van der Waals surface area contributed by atoms with Crippen LogP contribution in [0.1, 0.15) is 11.3 Å². The molecule has 0 amide bonds. The molecular formula is C4H5N2O4S. The molecule has 0 aliphatic carbocycles. The van der Waals surface area contributed by atoms with Gasteiger partial charge in [0.15, 0.2) is 5.82 Å². The lowest BCUT2D eigenvalue weighted by Gasteiger charge is -1.98. The maximum atomic E-state index is 10.7. The first kappa shape index (κ1) is 8.18. The van der Waals surface area contributed by atoms with Crippen molar-refractivity contribution in [2.24, 2.45) is 0 Å². The Kier molecular flexibility index (Phi) is 1.94. The molecule has 6 nitrogen and oxygen atoms in total. The van der Waals surface area contributed by atoms with Crippen molar-refractivity contribution in [3.05, 3.63) is 18.2 Å². The van der Waals surface area contributed by atoms with Crippen molar-refractivity contribution in [3.8, 4) is 0 Å². The highest BCUT2D eigenvalue weighted by Gasteiger charge is 2.25. The summed E-state index contributed by atoms with van der Waals surface area (Å²) in [5.41, 5.74) is -2.24. The molecule has 1 heterocycles. The maximum Gasteiger partial charge on any atom is 0.303 e. The zero-order chi connectivity index (χ0) is 8.48. The van der Waals surface area contributed by atoms with Gasteiger partial charge >= 0.3 is 10.1 Å². The van der Waals surface area contributed by atoms with Crippen molar-refractivity contribution in [3.63, 3.8) is 0 Å². The van der Waals surface area contributed by atoms with Gasteiger partial charge in [-0.25, -0.2) is 10.1 Å². The van der Waals surface area contributed by atoms with Gasteiger partial charge in [0, 0.05) is 12.4 Å². The lowest BCUT2D eigenvalue weighted by Crippen LogP contribution is -2.11. The van der Waals surface area contributed by atoms with Gasteiger partial charge in [0.1, 0.15) is 0 Å². The Bertz CT molecular complexity index is 316. The Labute approximate surface area is 62.6 Å². The van der Waals surface area contributed by atoms with Crippen LogP contribution in [0.25, 0.3) is 0 Å². The Morgan fingerprint density at radius 3 is 2.64 bits per heavy atom. The number of nitrogens with one attached hydrogen (secondary N) is 1. The van der Waals surface area contributed by atoms with E-state index in [0.29, 0.717) is 0 Å². The number of nitrogens with zero attached hydrogens (tertiary/aromatic N) is 1. The fourth-order valence-corrected chi connectivity index (χ4v) is 0.958. The summed E-state index contributed by atoms with van der Waals surface area (Å²) in [5, 5.41) is 10.7.